The zero-order chi connectivity index (χ0) is 7.68. The molecule has 13 heavy (non-hydrogen) atoms. The standard InChI is InChI=1S/C8H5BrN2.2BrH/c9-6-3-5-10-7-2-1-4-11-8(6)7;;/h1-5H;2*1H. The van der Waals surface area contributed by atoms with Crippen LogP contribution in [0.4, 0.5) is 0 Å². The molecule has 0 spiro atoms. The molecule has 0 aliphatic rings. The molecule has 70 valence electrons. The van der Waals surface area contributed by atoms with Gasteiger partial charge in [-0.3, -0.25) is 9.97 Å². The highest BCUT2D eigenvalue weighted by molar-refractivity contribution is 9.10. The number of hydrogen-bond donors (Lipinski definition) is 0. The number of rotatable bonds is 0. The van der Waals surface area contributed by atoms with Gasteiger partial charge in [0.25, 0.3) is 0 Å². The van der Waals surface area contributed by atoms with Crippen molar-refractivity contribution in [3.63, 3.8) is 0 Å². The molecule has 0 aromatic carbocycles. The number of pyridine rings is 2. The van der Waals surface area contributed by atoms with Crippen molar-refractivity contribution in [1.29, 1.82) is 0 Å². The van der Waals surface area contributed by atoms with E-state index in [9.17, 15) is 0 Å². The van der Waals surface area contributed by atoms with E-state index in [1.807, 2.05) is 18.2 Å². The Balaban J connectivity index is 0.000000720. The van der Waals surface area contributed by atoms with Crippen LogP contribution >= 0.6 is 49.9 Å². The quantitative estimate of drug-likeness (QED) is 0.708. The normalized spacial score (nSPS) is 8.69. The van der Waals surface area contributed by atoms with Crippen molar-refractivity contribution in [2.75, 3.05) is 0 Å². The van der Waals surface area contributed by atoms with Gasteiger partial charge in [0.15, 0.2) is 0 Å². The molecular formula is C8H7Br3N2. The second-order valence-electron chi connectivity index (χ2n) is 2.16. The number of aromatic nitrogens is 2. The Hall–Kier alpha value is 0.000000000000000278. The maximum absolute atomic E-state index is 4.17. The Morgan fingerprint density at radius 2 is 1.77 bits per heavy atom. The van der Waals surface area contributed by atoms with E-state index in [-0.39, 0.29) is 34.0 Å². The first kappa shape index (κ1) is 13.0. The van der Waals surface area contributed by atoms with Crippen LogP contribution in [0.25, 0.3) is 11.0 Å². The summed E-state index contributed by atoms with van der Waals surface area (Å²) < 4.78 is 0.989. The Bertz CT molecular complexity index is 387. The molecule has 0 saturated heterocycles. The summed E-state index contributed by atoms with van der Waals surface area (Å²) in [4.78, 5) is 8.32. The van der Waals surface area contributed by atoms with Gasteiger partial charge in [0, 0.05) is 16.9 Å². The van der Waals surface area contributed by atoms with Crippen molar-refractivity contribution in [3.8, 4) is 0 Å². The van der Waals surface area contributed by atoms with Gasteiger partial charge in [0.2, 0.25) is 0 Å². The molecule has 0 amide bonds. The summed E-state index contributed by atoms with van der Waals surface area (Å²) in [7, 11) is 0. The van der Waals surface area contributed by atoms with Crippen molar-refractivity contribution in [2.24, 2.45) is 0 Å². The molecule has 0 bridgehead atoms. The van der Waals surface area contributed by atoms with Gasteiger partial charge >= 0.3 is 0 Å². The molecule has 0 aliphatic carbocycles. The lowest BCUT2D eigenvalue weighted by Crippen LogP contribution is -1.81. The Morgan fingerprint density at radius 1 is 1.00 bits per heavy atom. The van der Waals surface area contributed by atoms with Crippen LogP contribution in [0, 0.1) is 0 Å². The molecule has 2 rings (SSSR count). The van der Waals surface area contributed by atoms with Crippen LogP contribution in [0.1, 0.15) is 0 Å². The molecule has 0 radical (unpaired) electrons. The summed E-state index contributed by atoms with van der Waals surface area (Å²) in [6.07, 6.45) is 3.52. The van der Waals surface area contributed by atoms with Gasteiger partial charge in [-0.2, -0.15) is 0 Å². The van der Waals surface area contributed by atoms with E-state index in [0.29, 0.717) is 0 Å². The predicted octanol–water partition coefficient (Wildman–Crippen LogP) is 3.55. The smallest absolute Gasteiger partial charge is 0.103 e. The van der Waals surface area contributed by atoms with E-state index in [0.717, 1.165) is 15.5 Å². The highest BCUT2D eigenvalue weighted by Gasteiger charge is 1.96. The summed E-state index contributed by atoms with van der Waals surface area (Å²) in [6, 6.07) is 5.70. The summed E-state index contributed by atoms with van der Waals surface area (Å²) in [5, 5.41) is 0. The van der Waals surface area contributed by atoms with E-state index in [4.69, 9.17) is 0 Å². The average Bonchev–Trinajstić information content (AvgIpc) is 2.06. The molecule has 5 heteroatoms. The largest absolute Gasteiger partial charge is 0.255 e. The summed E-state index contributed by atoms with van der Waals surface area (Å²) >= 11 is 3.39. The number of hydrogen-bond acceptors (Lipinski definition) is 2. The fraction of sp³-hybridized carbons (Fsp3) is 0. The Kier molecular flexibility index (Phi) is 5.67. The third kappa shape index (κ3) is 2.72. The molecule has 0 N–H and O–H groups in total. The zero-order valence-corrected chi connectivity index (χ0v) is 11.5. The van der Waals surface area contributed by atoms with E-state index >= 15 is 0 Å². The van der Waals surface area contributed by atoms with E-state index in [1.165, 1.54) is 0 Å². The first-order chi connectivity index (χ1) is 5.38. The van der Waals surface area contributed by atoms with Gasteiger partial charge in [0.1, 0.15) is 5.52 Å². The fourth-order valence-electron chi connectivity index (χ4n) is 0.947. The predicted molar refractivity (Wildman–Crippen MR) is 67.9 cm³/mol. The lowest BCUT2D eigenvalue weighted by Gasteiger charge is -1.95. The number of halogens is 3. The molecule has 2 aromatic heterocycles. The van der Waals surface area contributed by atoms with Gasteiger partial charge in [0.05, 0.1) is 5.52 Å². The van der Waals surface area contributed by atoms with Crippen LogP contribution in [0.5, 0.6) is 0 Å². The topological polar surface area (TPSA) is 25.8 Å². The molecule has 0 aliphatic heterocycles. The van der Waals surface area contributed by atoms with Crippen molar-refractivity contribution in [2.45, 2.75) is 0 Å². The van der Waals surface area contributed by atoms with Crippen molar-refractivity contribution < 1.29 is 0 Å². The molecule has 0 atom stereocenters. The van der Waals surface area contributed by atoms with Crippen LogP contribution in [0.15, 0.2) is 35.1 Å². The van der Waals surface area contributed by atoms with Crippen LogP contribution in [0.2, 0.25) is 0 Å². The van der Waals surface area contributed by atoms with Crippen LogP contribution in [0.3, 0.4) is 0 Å². The first-order valence-corrected chi connectivity index (χ1v) is 4.02. The minimum atomic E-state index is 0. The maximum atomic E-state index is 4.17. The summed E-state index contributed by atoms with van der Waals surface area (Å²) in [6.45, 7) is 0. The average molecular weight is 371 g/mol. The second-order valence-corrected chi connectivity index (χ2v) is 3.02. The lowest BCUT2D eigenvalue weighted by molar-refractivity contribution is 1.33. The summed E-state index contributed by atoms with van der Waals surface area (Å²) in [5.41, 5.74) is 1.83. The van der Waals surface area contributed by atoms with Crippen LogP contribution < -0.4 is 0 Å². The molecule has 0 fully saturated rings. The number of nitrogens with zero attached hydrogens (tertiary/aromatic N) is 2. The third-order valence-electron chi connectivity index (χ3n) is 1.45. The van der Waals surface area contributed by atoms with Crippen LogP contribution in [-0.4, -0.2) is 9.97 Å². The number of fused-ring (bicyclic) bond motifs is 1. The molecule has 2 heterocycles. The van der Waals surface area contributed by atoms with Gasteiger partial charge in [-0.05, 0) is 34.1 Å². The van der Waals surface area contributed by atoms with Crippen molar-refractivity contribution >= 4 is 60.9 Å². The second kappa shape index (κ2) is 5.67. The third-order valence-corrected chi connectivity index (χ3v) is 2.09. The fourth-order valence-corrected chi connectivity index (χ4v) is 1.37. The monoisotopic (exact) mass is 368 g/mol. The van der Waals surface area contributed by atoms with Gasteiger partial charge in [-0.1, -0.05) is 0 Å². The van der Waals surface area contributed by atoms with E-state index in [1.54, 1.807) is 12.4 Å². The molecule has 0 saturated carbocycles. The van der Waals surface area contributed by atoms with Crippen molar-refractivity contribution in [1.82, 2.24) is 9.97 Å². The zero-order valence-electron chi connectivity index (χ0n) is 6.48. The van der Waals surface area contributed by atoms with Gasteiger partial charge in [-0.15, -0.1) is 34.0 Å². The first-order valence-electron chi connectivity index (χ1n) is 3.23. The summed E-state index contributed by atoms with van der Waals surface area (Å²) in [5.74, 6) is 0. The Labute approximate surface area is 105 Å². The molecule has 2 aromatic rings. The van der Waals surface area contributed by atoms with Gasteiger partial charge < -0.3 is 0 Å². The van der Waals surface area contributed by atoms with Gasteiger partial charge in [-0.25, -0.2) is 0 Å². The van der Waals surface area contributed by atoms with Crippen molar-refractivity contribution in [3.05, 3.63) is 35.1 Å². The SMILES string of the molecule is Br.Br.Brc1ccnc2cccnc12. The lowest BCUT2D eigenvalue weighted by atomic mass is 10.3. The minimum absolute atomic E-state index is 0. The molecule has 2 nitrogen and oxygen atoms in total. The maximum Gasteiger partial charge on any atom is 0.103 e. The molecule has 0 unspecified atom stereocenters. The van der Waals surface area contributed by atoms with Crippen LogP contribution in [-0.2, 0) is 0 Å². The van der Waals surface area contributed by atoms with E-state index in [2.05, 4.69) is 25.9 Å². The highest BCUT2D eigenvalue weighted by Crippen LogP contribution is 2.18. The van der Waals surface area contributed by atoms with E-state index < -0.39 is 0 Å². The minimum Gasteiger partial charge on any atom is -0.255 e. The molecular weight excluding hydrogens is 364 g/mol. The highest BCUT2D eigenvalue weighted by atomic mass is 79.9. The Morgan fingerprint density at radius 3 is 2.46 bits per heavy atom.